The van der Waals surface area contributed by atoms with Crippen molar-refractivity contribution in [3.8, 4) is 5.19 Å². The first kappa shape index (κ1) is 12.5. The number of hydrogen-bond acceptors (Lipinski definition) is 6. The van der Waals surface area contributed by atoms with Crippen LogP contribution < -0.4 is 4.74 Å². The molecule has 0 amide bonds. The van der Waals surface area contributed by atoms with E-state index in [0.29, 0.717) is 23.0 Å². The van der Waals surface area contributed by atoms with Crippen molar-refractivity contribution < 1.29 is 9.53 Å². The minimum atomic E-state index is 0.203. The summed E-state index contributed by atoms with van der Waals surface area (Å²) in [5, 5.41) is 0.633. The topological polar surface area (TPSA) is 52.1 Å². The van der Waals surface area contributed by atoms with Gasteiger partial charge in [-0.15, -0.1) is 11.3 Å². The fourth-order valence-electron chi connectivity index (χ4n) is 1.23. The normalized spacial score (nSPS) is 10.5. The first-order chi connectivity index (χ1) is 8.20. The van der Waals surface area contributed by atoms with Gasteiger partial charge in [0.05, 0.1) is 17.8 Å². The second kappa shape index (κ2) is 5.57. The monoisotopic (exact) mass is 288 g/mol. The molecule has 0 aliphatic heterocycles. The third kappa shape index (κ3) is 3.02. The van der Waals surface area contributed by atoms with Gasteiger partial charge >= 0.3 is 0 Å². The fraction of sp³-hybridized carbons (Fsp3) is 0.300. The lowest BCUT2D eigenvalue weighted by Gasteiger charge is -2.00. The molecular weight excluding hydrogens is 280 g/mol. The Labute approximate surface area is 111 Å². The van der Waals surface area contributed by atoms with Crippen molar-refractivity contribution in [3.63, 3.8) is 0 Å². The van der Waals surface area contributed by atoms with Crippen molar-refractivity contribution in [2.45, 2.75) is 13.3 Å². The summed E-state index contributed by atoms with van der Waals surface area (Å²) in [6.07, 6.45) is 1.46. The SMILES string of the molecule is Cc1ncsc1CCOc1nc(Cl)c(C=O)s1. The predicted octanol–water partition coefficient (Wildman–Crippen LogP) is 3.00. The molecule has 0 aromatic carbocycles. The van der Waals surface area contributed by atoms with Crippen LogP contribution in [-0.2, 0) is 6.42 Å². The van der Waals surface area contributed by atoms with Gasteiger partial charge in [-0.3, -0.25) is 4.79 Å². The Morgan fingerprint density at radius 2 is 2.41 bits per heavy atom. The van der Waals surface area contributed by atoms with E-state index in [4.69, 9.17) is 16.3 Å². The smallest absolute Gasteiger partial charge is 0.275 e. The van der Waals surface area contributed by atoms with Crippen LogP contribution in [0.4, 0.5) is 0 Å². The number of rotatable bonds is 5. The summed E-state index contributed by atoms with van der Waals surface area (Å²) in [4.78, 5) is 20.3. The standard InChI is InChI=1S/C10H9ClN2O2S2/c1-6-7(16-5-12-6)2-3-15-10-13-9(11)8(4-14)17-10/h4-5H,2-3H2,1H3. The second-order valence-corrected chi connectivity index (χ2v) is 5.50. The minimum absolute atomic E-state index is 0.203. The summed E-state index contributed by atoms with van der Waals surface area (Å²) >= 11 is 8.49. The zero-order valence-electron chi connectivity index (χ0n) is 8.97. The van der Waals surface area contributed by atoms with E-state index in [9.17, 15) is 4.79 Å². The van der Waals surface area contributed by atoms with Gasteiger partial charge in [-0.2, -0.15) is 4.98 Å². The molecule has 2 aromatic rings. The Hall–Kier alpha value is -0.980. The van der Waals surface area contributed by atoms with Crippen molar-refractivity contribution in [2.24, 2.45) is 0 Å². The van der Waals surface area contributed by atoms with Crippen LogP contribution >= 0.6 is 34.3 Å². The number of thiazole rings is 2. The van der Waals surface area contributed by atoms with Crippen LogP contribution in [0.5, 0.6) is 5.19 Å². The molecule has 7 heteroatoms. The Morgan fingerprint density at radius 3 is 3.00 bits per heavy atom. The van der Waals surface area contributed by atoms with E-state index in [2.05, 4.69) is 9.97 Å². The minimum Gasteiger partial charge on any atom is -0.470 e. The van der Waals surface area contributed by atoms with Crippen molar-refractivity contribution in [1.29, 1.82) is 0 Å². The van der Waals surface area contributed by atoms with Crippen molar-refractivity contribution in [1.82, 2.24) is 9.97 Å². The van der Waals surface area contributed by atoms with E-state index in [1.165, 1.54) is 4.88 Å². The van der Waals surface area contributed by atoms with Crippen LogP contribution in [0, 0.1) is 6.92 Å². The van der Waals surface area contributed by atoms with E-state index in [0.717, 1.165) is 23.5 Å². The molecular formula is C10H9ClN2O2S2. The summed E-state index contributed by atoms with van der Waals surface area (Å²) in [7, 11) is 0. The summed E-state index contributed by atoms with van der Waals surface area (Å²) in [6, 6.07) is 0. The highest BCUT2D eigenvalue weighted by molar-refractivity contribution is 7.15. The van der Waals surface area contributed by atoms with E-state index in [-0.39, 0.29) is 5.15 Å². The average molecular weight is 289 g/mol. The number of aromatic nitrogens is 2. The van der Waals surface area contributed by atoms with E-state index in [1.807, 2.05) is 12.4 Å². The van der Waals surface area contributed by atoms with Crippen LogP contribution in [0.3, 0.4) is 0 Å². The van der Waals surface area contributed by atoms with Crippen LogP contribution in [0.15, 0.2) is 5.51 Å². The zero-order chi connectivity index (χ0) is 12.3. The quantitative estimate of drug-likeness (QED) is 0.794. The highest BCUT2D eigenvalue weighted by atomic mass is 35.5. The van der Waals surface area contributed by atoms with Gasteiger partial charge in [-0.05, 0) is 6.92 Å². The molecule has 0 bridgehead atoms. The highest BCUT2D eigenvalue weighted by Crippen LogP contribution is 2.27. The molecule has 90 valence electrons. The Bertz CT molecular complexity index is 524. The first-order valence-electron chi connectivity index (χ1n) is 4.84. The van der Waals surface area contributed by atoms with Gasteiger partial charge in [-0.1, -0.05) is 22.9 Å². The molecule has 0 N–H and O–H groups in total. The van der Waals surface area contributed by atoms with Crippen molar-refractivity contribution in [2.75, 3.05) is 6.61 Å². The maximum absolute atomic E-state index is 10.6. The first-order valence-corrected chi connectivity index (χ1v) is 6.91. The van der Waals surface area contributed by atoms with Gasteiger partial charge in [0.1, 0.15) is 4.88 Å². The van der Waals surface area contributed by atoms with Gasteiger partial charge in [0.2, 0.25) is 0 Å². The zero-order valence-corrected chi connectivity index (χ0v) is 11.4. The molecule has 0 spiro atoms. The van der Waals surface area contributed by atoms with Crippen LogP contribution in [0.25, 0.3) is 0 Å². The lowest BCUT2D eigenvalue weighted by atomic mass is 10.3. The molecule has 0 saturated heterocycles. The number of nitrogens with zero attached hydrogens (tertiary/aromatic N) is 2. The number of ether oxygens (including phenoxy) is 1. The van der Waals surface area contributed by atoms with Crippen LogP contribution in [-0.4, -0.2) is 22.9 Å². The number of aldehydes is 1. The number of carbonyl (C=O) groups excluding carboxylic acids is 1. The summed E-state index contributed by atoms with van der Waals surface area (Å²) in [5.74, 6) is 0. The van der Waals surface area contributed by atoms with Gasteiger partial charge < -0.3 is 4.74 Å². The Morgan fingerprint density at radius 1 is 1.59 bits per heavy atom. The van der Waals surface area contributed by atoms with E-state index >= 15 is 0 Å². The molecule has 2 aromatic heterocycles. The number of hydrogen-bond donors (Lipinski definition) is 0. The van der Waals surface area contributed by atoms with Crippen LogP contribution in [0.1, 0.15) is 20.2 Å². The molecule has 17 heavy (non-hydrogen) atoms. The molecule has 0 radical (unpaired) electrons. The third-order valence-corrected chi connectivity index (χ3v) is 4.38. The molecule has 2 heterocycles. The summed E-state index contributed by atoms with van der Waals surface area (Å²) in [5.41, 5.74) is 2.85. The number of carbonyl (C=O) groups is 1. The number of aryl methyl sites for hydroxylation is 1. The Kier molecular flexibility index (Phi) is 4.09. The second-order valence-electron chi connectivity index (χ2n) is 3.21. The van der Waals surface area contributed by atoms with Gasteiger partial charge in [0.15, 0.2) is 11.4 Å². The lowest BCUT2D eigenvalue weighted by Crippen LogP contribution is -2.00. The average Bonchev–Trinajstić information content (AvgIpc) is 2.86. The van der Waals surface area contributed by atoms with E-state index < -0.39 is 0 Å². The molecule has 2 rings (SSSR count). The maximum Gasteiger partial charge on any atom is 0.275 e. The molecule has 0 aliphatic rings. The summed E-state index contributed by atoms with van der Waals surface area (Å²) in [6.45, 7) is 2.47. The summed E-state index contributed by atoms with van der Waals surface area (Å²) < 4.78 is 5.44. The predicted molar refractivity (Wildman–Crippen MR) is 68.6 cm³/mol. The largest absolute Gasteiger partial charge is 0.470 e. The lowest BCUT2D eigenvalue weighted by molar-refractivity contribution is 0.112. The van der Waals surface area contributed by atoms with Crippen molar-refractivity contribution in [3.05, 3.63) is 26.1 Å². The van der Waals surface area contributed by atoms with E-state index in [1.54, 1.807) is 11.3 Å². The van der Waals surface area contributed by atoms with Crippen molar-refractivity contribution >= 4 is 40.6 Å². The maximum atomic E-state index is 10.6. The molecule has 0 saturated carbocycles. The highest BCUT2D eigenvalue weighted by Gasteiger charge is 2.09. The molecule has 0 aliphatic carbocycles. The molecule has 0 atom stereocenters. The Balaban J connectivity index is 1.90. The molecule has 0 unspecified atom stereocenters. The van der Waals surface area contributed by atoms with Gasteiger partial charge in [0, 0.05) is 11.3 Å². The molecule has 4 nitrogen and oxygen atoms in total. The van der Waals surface area contributed by atoms with Gasteiger partial charge in [0.25, 0.3) is 5.19 Å². The third-order valence-electron chi connectivity index (χ3n) is 2.10. The fourth-order valence-corrected chi connectivity index (χ4v) is 2.92. The molecule has 0 fully saturated rings. The van der Waals surface area contributed by atoms with Gasteiger partial charge in [-0.25, -0.2) is 4.98 Å². The number of halogens is 1. The van der Waals surface area contributed by atoms with Crippen LogP contribution in [0.2, 0.25) is 5.15 Å².